The number of hydrogen-bond acceptors (Lipinski definition) is 16. The largest absolute Gasteiger partial charge is 0.393 e. The molecule has 0 amide bonds. The minimum Gasteiger partial charge on any atom is -0.393 e. The van der Waals surface area contributed by atoms with E-state index in [9.17, 15) is 56.2 Å². The molecule has 5 rings (SSSR count). The topological polar surface area (TPSA) is 269 Å². The maximum Gasteiger partial charge on any atom is 0.187 e. The first-order valence-corrected chi connectivity index (χ1v) is 14.5. The summed E-state index contributed by atoms with van der Waals surface area (Å²) in [5.41, 5.74) is 0. The van der Waals surface area contributed by atoms with E-state index in [1.54, 1.807) is 0 Å². The van der Waals surface area contributed by atoms with E-state index in [1.807, 2.05) is 0 Å². The molecule has 0 bridgehead atoms. The van der Waals surface area contributed by atoms with Crippen molar-refractivity contribution in [2.75, 3.05) is 13.2 Å². The number of aliphatic hydroxyl groups is 11. The van der Waals surface area contributed by atoms with Crippen LogP contribution in [0, 0.1) is 11.8 Å². The van der Waals surface area contributed by atoms with Crippen molar-refractivity contribution in [3.8, 4) is 0 Å². The van der Waals surface area contributed by atoms with Crippen LogP contribution in [-0.2, 0) is 23.7 Å². The van der Waals surface area contributed by atoms with Gasteiger partial charge in [-0.25, -0.2) is 0 Å². The zero-order chi connectivity index (χ0) is 30.5. The molecule has 17 atom stereocenters. The molecule has 2 saturated carbocycles. The van der Waals surface area contributed by atoms with Crippen LogP contribution in [0.2, 0.25) is 0 Å². The molecule has 0 aromatic rings. The SMILES string of the molecule is OC1CC(O)C2CC(OC3OC(COC4OCC(O)C(O)C4O)C(O)C(O)C3O)C(C3CC(O)C(O)C(O)C3)OC2C1. The van der Waals surface area contributed by atoms with Gasteiger partial charge in [0.2, 0.25) is 0 Å². The molecule has 2 aliphatic carbocycles. The predicted octanol–water partition coefficient (Wildman–Crippen LogP) is -5.58. The maximum absolute atomic E-state index is 10.8. The molecule has 5 fully saturated rings. The highest BCUT2D eigenvalue weighted by Crippen LogP contribution is 2.43. The van der Waals surface area contributed by atoms with Crippen LogP contribution in [0.4, 0.5) is 0 Å². The molecule has 3 aliphatic heterocycles. The van der Waals surface area contributed by atoms with E-state index in [1.165, 1.54) is 0 Å². The minimum absolute atomic E-state index is 0.0569. The third-order valence-corrected chi connectivity index (χ3v) is 9.39. The third-order valence-electron chi connectivity index (χ3n) is 9.39. The third kappa shape index (κ3) is 6.64. The first-order chi connectivity index (χ1) is 19.8. The highest BCUT2D eigenvalue weighted by atomic mass is 16.7. The Hall–Kier alpha value is -0.640. The van der Waals surface area contributed by atoms with Gasteiger partial charge in [0.25, 0.3) is 0 Å². The van der Waals surface area contributed by atoms with E-state index in [-0.39, 0.29) is 38.7 Å². The summed E-state index contributed by atoms with van der Waals surface area (Å²) < 4.78 is 28.9. The molecule has 3 heterocycles. The van der Waals surface area contributed by atoms with Crippen molar-refractivity contribution >= 4 is 0 Å². The Morgan fingerprint density at radius 3 is 1.93 bits per heavy atom. The van der Waals surface area contributed by atoms with Crippen molar-refractivity contribution in [3.05, 3.63) is 0 Å². The first-order valence-electron chi connectivity index (χ1n) is 14.5. The second kappa shape index (κ2) is 13.4. The van der Waals surface area contributed by atoms with Crippen molar-refractivity contribution in [2.45, 2.75) is 136 Å². The maximum atomic E-state index is 10.8. The fourth-order valence-corrected chi connectivity index (χ4v) is 6.92. The van der Waals surface area contributed by atoms with Gasteiger partial charge in [0.05, 0.1) is 55.9 Å². The fourth-order valence-electron chi connectivity index (χ4n) is 6.92. The van der Waals surface area contributed by atoms with Gasteiger partial charge in [-0.15, -0.1) is 0 Å². The molecule has 16 heteroatoms. The molecule has 0 aromatic heterocycles. The van der Waals surface area contributed by atoms with E-state index < -0.39 is 123 Å². The number of hydrogen-bond donors (Lipinski definition) is 11. The second-order valence-corrected chi connectivity index (χ2v) is 12.4. The van der Waals surface area contributed by atoms with Crippen molar-refractivity contribution in [1.82, 2.24) is 0 Å². The molecule has 0 aromatic carbocycles. The zero-order valence-corrected chi connectivity index (χ0v) is 22.9. The standard InChI is InChI=1S/C26H44O16/c27-9-3-11(28)10-5-16(24(40-15(10)4-9)8-1-12(29)18(32)13(30)2-8)41-26-23(37)21(35)20(34)17(42-26)7-39-25-22(36)19(33)14(31)6-38-25/h8-37H,1-7H2. The Bertz CT molecular complexity index is 871. The van der Waals surface area contributed by atoms with Crippen LogP contribution < -0.4 is 0 Å². The molecule has 16 nitrogen and oxygen atoms in total. The van der Waals surface area contributed by atoms with Gasteiger partial charge in [-0.05, 0) is 38.0 Å². The molecule has 11 N–H and O–H groups in total. The molecule has 0 radical (unpaired) electrons. The minimum atomic E-state index is -1.75. The number of ether oxygens (including phenoxy) is 5. The van der Waals surface area contributed by atoms with Crippen molar-refractivity contribution in [1.29, 1.82) is 0 Å². The van der Waals surface area contributed by atoms with Crippen molar-refractivity contribution in [2.24, 2.45) is 11.8 Å². The van der Waals surface area contributed by atoms with Crippen LogP contribution in [0.5, 0.6) is 0 Å². The van der Waals surface area contributed by atoms with Crippen LogP contribution in [0.15, 0.2) is 0 Å². The Morgan fingerprint density at radius 1 is 0.571 bits per heavy atom. The van der Waals surface area contributed by atoms with E-state index in [0.29, 0.717) is 0 Å². The lowest BCUT2D eigenvalue weighted by atomic mass is 9.72. The highest BCUT2D eigenvalue weighted by molar-refractivity contribution is 5.00. The van der Waals surface area contributed by atoms with Gasteiger partial charge >= 0.3 is 0 Å². The van der Waals surface area contributed by atoms with Crippen LogP contribution in [-0.4, -0.2) is 174 Å². The Morgan fingerprint density at radius 2 is 1.24 bits per heavy atom. The molecule has 0 spiro atoms. The molecule has 5 aliphatic rings. The van der Waals surface area contributed by atoms with Gasteiger partial charge in [-0.3, -0.25) is 0 Å². The first kappa shape index (κ1) is 32.7. The lowest BCUT2D eigenvalue weighted by Crippen LogP contribution is -2.63. The summed E-state index contributed by atoms with van der Waals surface area (Å²) in [5, 5.41) is 113. The van der Waals surface area contributed by atoms with E-state index in [2.05, 4.69) is 0 Å². The van der Waals surface area contributed by atoms with E-state index in [4.69, 9.17) is 23.7 Å². The summed E-state index contributed by atoms with van der Waals surface area (Å²) in [4.78, 5) is 0. The normalized spacial score (nSPS) is 55.6. The van der Waals surface area contributed by atoms with Crippen molar-refractivity contribution < 1.29 is 79.9 Å². The smallest absolute Gasteiger partial charge is 0.187 e. The summed E-state index contributed by atoms with van der Waals surface area (Å²) >= 11 is 0. The molecular formula is C26H44O16. The van der Waals surface area contributed by atoms with Crippen molar-refractivity contribution in [3.63, 3.8) is 0 Å². The predicted molar refractivity (Wildman–Crippen MR) is 134 cm³/mol. The van der Waals surface area contributed by atoms with E-state index in [0.717, 1.165) is 0 Å². The van der Waals surface area contributed by atoms with Gasteiger partial charge < -0.3 is 79.9 Å². The van der Waals surface area contributed by atoms with Gasteiger partial charge in [-0.2, -0.15) is 0 Å². The van der Waals surface area contributed by atoms with Crippen LogP contribution in [0.3, 0.4) is 0 Å². The highest BCUT2D eigenvalue weighted by Gasteiger charge is 2.53. The van der Waals surface area contributed by atoms with Gasteiger partial charge in [0.1, 0.15) is 48.8 Å². The molecule has 42 heavy (non-hydrogen) atoms. The molecule has 244 valence electrons. The molecule has 3 saturated heterocycles. The Kier molecular flexibility index (Phi) is 10.4. The Labute approximate surface area is 241 Å². The lowest BCUT2D eigenvalue weighted by Gasteiger charge is -2.51. The summed E-state index contributed by atoms with van der Waals surface area (Å²) in [6.07, 6.45) is -20.9. The van der Waals surface area contributed by atoms with Crippen LogP contribution in [0.1, 0.15) is 32.1 Å². The quantitative estimate of drug-likeness (QED) is 0.133. The van der Waals surface area contributed by atoms with E-state index >= 15 is 0 Å². The molecule has 17 unspecified atom stereocenters. The van der Waals surface area contributed by atoms with Crippen LogP contribution in [0.25, 0.3) is 0 Å². The van der Waals surface area contributed by atoms with Gasteiger partial charge in [0.15, 0.2) is 12.6 Å². The zero-order valence-electron chi connectivity index (χ0n) is 22.9. The second-order valence-electron chi connectivity index (χ2n) is 12.4. The summed E-state index contributed by atoms with van der Waals surface area (Å²) in [7, 11) is 0. The Balaban J connectivity index is 1.30. The molecular weight excluding hydrogens is 568 g/mol. The average molecular weight is 613 g/mol. The number of fused-ring (bicyclic) bond motifs is 1. The summed E-state index contributed by atoms with van der Waals surface area (Å²) in [5.74, 6) is -0.983. The monoisotopic (exact) mass is 612 g/mol. The van der Waals surface area contributed by atoms with Gasteiger partial charge in [0, 0.05) is 5.92 Å². The summed E-state index contributed by atoms with van der Waals surface area (Å²) in [6.45, 7) is -0.792. The fraction of sp³-hybridized carbons (Fsp3) is 1.00. The number of rotatable bonds is 6. The number of aliphatic hydroxyl groups excluding tert-OH is 11. The average Bonchev–Trinajstić information content (AvgIpc) is 2.94. The summed E-state index contributed by atoms with van der Waals surface area (Å²) in [6, 6.07) is 0. The lowest BCUT2D eigenvalue weighted by molar-refractivity contribution is -0.343. The van der Waals surface area contributed by atoms with Crippen LogP contribution >= 0.6 is 0 Å². The van der Waals surface area contributed by atoms with Gasteiger partial charge in [-0.1, -0.05) is 0 Å².